The third-order valence-corrected chi connectivity index (χ3v) is 2.68. The molecule has 6 heteroatoms. The summed E-state index contributed by atoms with van der Waals surface area (Å²) in [6, 6.07) is 4.24. The maximum absolute atomic E-state index is 3.88. The van der Waals surface area contributed by atoms with Crippen molar-refractivity contribution in [3.63, 3.8) is 0 Å². The fourth-order valence-electron chi connectivity index (χ4n) is 0.952. The molecule has 0 fully saturated rings. The van der Waals surface area contributed by atoms with Gasteiger partial charge in [0.25, 0.3) is 0 Å². The first-order valence-corrected chi connectivity index (χ1v) is 4.38. The molecule has 1 rings (SSSR count). The van der Waals surface area contributed by atoms with Crippen LogP contribution in [0.4, 0.5) is 0 Å². The Morgan fingerprint density at radius 3 is 1.87 bits per heavy atom. The fraction of sp³-hybridized carbons (Fsp3) is 0.333. The van der Waals surface area contributed by atoms with Gasteiger partial charge < -0.3 is 49.6 Å². The molecule has 0 aliphatic carbocycles. The van der Waals surface area contributed by atoms with Gasteiger partial charge in [-0.1, -0.05) is 12.0 Å². The largest absolute Gasteiger partial charge is 4.00 e. The van der Waals surface area contributed by atoms with Crippen molar-refractivity contribution in [1.29, 1.82) is 0 Å². The van der Waals surface area contributed by atoms with Gasteiger partial charge in [-0.25, -0.2) is 0 Å². The molecule has 0 spiro atoms. The van der Waals surface area contributed by atoms with Gasteiger partial charge in [-0.15, -0.1) is 11.3 Å². The average Bonchev–Trinajstić information content (AvgIpc) is 2.43. The second kappa shape index (κ2) is 17.3. The van der Waals surface area contributed by atoms with E-state index >= 15 is 0 Å². The molecule has 0 radical (unpaired) electrons. The Kier molecular flexibility index (Phi) is 34.3. The first-order valence-electron chi connectivity index (χ1n) is 3.50. The molecule has 0 saturated heterocycles. The number of hydrogen-bond acceptors (Lipinski definition) is 1. The van der Waals surface area contributed by atoms with Crippen molar-refractivity contribution in [1.82, 2.24) is 0 Å². The predicted molar refractivity (Wildman–Crippen MR) is 54.2 cm³/mol. The zero-order valence-electron chi connectivity index (χ0n) is 8.30. The van der Waals surface area contributed by atoms with Crippen LogP contribution < -0.4 is 24.8 Å². The third kappa shape index (κ3) is 9.82. The molecule has 1 aromatic heterocycles. The summed E-state index contributed by atoms with van der Waals surface area (Å²) >= 11 is 1.80. The molecule has 1 aromatic rings. The molecule has 0 saturated carbocycles. The van der Waals surface area contributed by atoms with Crippen molar-refractivity contribution >= 4 is 11.3 Å². The summed E-state index contributed by atoms with van der Waals surface area (Å²) in [6.07, 6.45) is 1.92. The minimum Gasteiger partial charge on any atom is -1.00 e. The maximum atomic E-state index is 3.88. The van der Waals surface area contributed by atoms with Crippen LogP contribution in [-0.4, -0.2) is 11.0 Å². The second-order valence-corrected chi connectivity index (χ2v) is 3.27. The van der Waals surface area contributed by atoms with E-state index in [1.165, 1.54) is 4.88 Å². The molecular weight excluding hydrogens is 291 g/mol. The van der Waals surface area contributed by atoms with Crippen LogP contribution in [0.15, 0.2) is 17.5 Å². The summed E-state index contributed by atoms with van der Waals surface area (Å²) in [5, 5.41) is 2.10. The van der Waals surface area contributed by atoms with Crippen LogP contribution in [0.1, 0.15) is 23.6 Å². The first-order chi connectivity index (χ1) is 4.88. The molecule has 0 unspecified atom stereocenters. The van der Waals surface area contributed by atoms with Crippen molar-refractivity contribution in [2.45, 2.75) is 18.8 Å². The van der Waals surface area contributed by atoms with E-state index < -0.39 is 0 Å². The van der Waals surface area contributed by atoms with Crippen LogP contribution in [0.2, 0.25) is 0 Å². The molecule has 0 atom stereocenters. The molecule has 0 bridgehead atoms. The van der Waals surface area contributed by atoms with Gasteiger partial charge in [-0.05, 0) is 11.4 Å². The number of halogens is 2. The fourth-order valence-corrected chi connectivity index (χ4v) is 1.85. The standard InChI is InChI=1S/C9H12S.2ClH.2H2O.Ti/c1-3-8(4-2)9-6-5-7-10-9;;;;;/h5-8H,1-4H2;2*1H;2*1H2;/q-2;;;;;+4/p-2. The topological polar surface area (TPSA) is 63.0 Å². The van der Waals surface area contributed by atoms with Gasteiger partial charge in [0.1, 0.15) is 0 Å². The Morgan fingerprint density at radius 2 is 1.60 bits per heavy atom. The Morgan fingerprint density at radius 1 is 1.13 bits per heavy atom. The molecule has 1 heterocycles. The molecule has 4 N–H and O–H groups in total. The van der Waals surface area contributed by atoms with Gasteiger partial charge in [0.05, 0.1) is 0 Å². The van der Waals surface area contributed by atoms with Crippen LogP contribution in [-0.2, 0) is 21.7 Å². The molecule has 88 valence electrons. The molecule has 0 aliphatic rings. The second-order valence-electron chi connectivity index (χ2n) is 2.29. The van der Waals surface area contributed by atoms with Crippen molar-refractivity contribution in [2.75, 3.05) is 0 Å². The summed E-state index contributed by atoms with van der Waals surface area (Å²) in [4.78, 5) is 1.42. The van der Waals surface area contributed by atoms with Gasteiger partial charge in [0.2, 0.25) is 0 Å². The normalized spacial score (nSPS) is 7.13. The van der Waals surface area contributed by atoms with Crippen LogP contribution in [0.5, 0.6) is 0 Å². The predicted octanol–water partition coefficient (Wildman–Crippen LogP) is -4.36. The van der Waals surface area contributed by atoms with E-state index in [0.717, 1.165) is 12.8 Å². The van der Waals surface area contributed by atoms with Crippen molar-refractivity contribution in [2.24, 2.45) is 0 Å². The molecule has 0 aliphatic heterocycles. The van der Waals surface area contributed by atoms with Crippen LogP contribution >= 0.6 is 11.3 Å². The Bertz CT molecular complexity index is 182. The summed E-state index contributed by atoms with van der Waals surface area (Å²) in [7, 11) is 0. The average molecular weight is 307 g/mol. The smallest absolute Gasteiger partial charge is 1.00 e. The van der Waals surface area contributed by atoms with Gasteiger partial charge in [0, 0.05) is 4.88 Å². The van der Waals surface area contributed by atoms with E-state index in [1.807, 2.05) is 0 Å². The molecule has 0 aromatic carbocycles. The van der Waals surface area contributed by atoms with Crippen LogP contribution in [0.3, 0.4) is 0 Å². The zero-order chi connectivity index (χ0) is 7.40. The van der Waals surface area contributed by atoms with Crippen molar-refractivity contribution in [3.8, 4) is 0 Å². The summed E-state index contributed by atoms with van der Waals surface area (Å²) in [5.74, 6) is 0.583. The number of thiophene rings is 1. The monoisotopic (exact) mass is 306 g/mol. The minimum absolute atomic E-state index is 0. The third-order valence-electron chi connectivity index (χ3n) is 1.64. The van der Waals surface area contributed by atoms with E-state index in [-0.39, 0.29) is 57.5 Å². The zero-order valence-corrected chi connectivity index (χ0v) is 12.2. The van der Waals surface area contributed by atoms with Crippen LogP contribution in [0, 0.1) is 13.8 Å². The van der Waals surface area contributed by atoms with E-state index in [0.29, 0.717) is 5.92 Å². The Hall–Kier alpha value is 0.914. The van der Waals surface area contributed by atoms with Crippen molar-refractivity contribution < 1.29 is 57.5 Å². The maximum Gasteiger partial charge on any atom is 4.00 e. The first kappa shape index (κ1) is 29.7. The minimum atomic E-state index is 0. The van der Waals surface area contributed by atoms with Crippen molar-refractivity contribution in [3.05, 3.63) is 36.2 Å². The Labute approximate surface area is 123 Å². The number of hydrogen-bond donors (Lipinski definition) is 0. The Balaban J connectivity index is -0.0000000667. The quantitative estimate of drug-likeness (QED) is 0.400. The summed E-state index contributed by atoms with van der Waals surface area (Å²) in [6.45, 7) is 7.76. The summed E-state index contributed by atoms with van der Waals surface area (Å²) in [5.41, 5.74) is 0. The summed E-state index contributed by atoms with van der Waals surface area (Å²) < 4.78 is 0. The van der Waals surface area contributed by atoms with Crippen LogP contribution in [0.25, 0.3) is 0 Å². The van der Waals surface area contributed by atoms with E-state index in [2.05, 4.69) is 31.4 Å². The van der Waals surface area contributed by atoms with E-state index in [9.17, 15) is 0 Å². The van der Waals surface area contributed by atoms with E-state index in [4.69, 9.17) is 0 Å². The van der Waals surface area contributed by atoms with Gasteiger partial charge in [-0.2, -0.15) is 12.8 Å². The van der Waals surface area contributed by atoms with E-state index in [1.54, 1.807) is 11.3 Å². The molecular formula is C9H16Cl2O2STi. The molecule has 2 nitrogen and oxygen atoms in total. The van der Waals surface area contributed by atoms with Gasteiger partial charge in [-0.3, -0.25) is 0 Å². The SMILES string of the molecule is O.O.[CH2-]CC(C[CH2-])c1cccs1.[Cl-].[Cl-].[Ti+4]. The molecule has 15 heavy (non-hydrogen) atoms. The molecule has 0 amide bonds. The number of rotatable bonds is 3. The van der Waals surface area contributed by atoms with Gasteiger partial charge in [0.15, 0.2) is 0 Å². The van der Waals surface area contributed by atoms with Gasteiger partial charge >= 0.3 is 21.7 Å².